The number of rotatable bonds is 11. The topological polar surface area (TPSA) is 104 Å². The van der Waals surface area contributed by atoms with E-state index >= 15 is 0 Å². The first-order valence-corrected chi connectivity index (χ1v) is 11.0. The number of aryl methyl sites for hydroxylation is 1. The van der Waals surface area contributed by atoms with Gasteiger partial charge in [0.25, 0.3) is 5.56 Å². The van der Waals surface area contributed by atoms with Crippen molar-refractivity contribution < 1.29 is 14.3 Å². The highest BCUT2D eigenvalue weighted by atomic mass is 16.5. The lowest BCUT2D eigenvalue weighted by Gasteiger charge is -2.18. The van der Waals surface area contributed by atoms with E-state index in [1.807, 2.05) is 31.2 Å². The van der Waals surface area contributed by atoms with Gasteiger partial charge in [-0.3, -0.25) is 9.59 Å². The van der Waals surface area contributed by atoms with Gasteiger partial charge in [0, 0.05) is 12.1 Å². The number of carbonyl (C=O) groups is 1. The van der Waals surface area contributed by atoms with Gasteiger partial charge in [0.05, 0.1) is 19.8 Å². The van der Waals surface area contributed by atoms with Crippen LogP contribution in [0.4, 0.5) is 0 Å². The predicted octanol–water partition coefficient (Wildman–Crippen LogP) is 4.25. The van der Waals surface area contributed by atoms with Crippen LogP contribution in [0.5, 0.6) is 11.5 Å². The molecule has 1 aromatic carbocycles. The fourth-order valence-corrected chi connectivity index (χ4v) is 3.66. The van der Waals surface area contributed by atoms with Crippen LogP contribution in [-0.4, -0.2) is 24.6 Å². The number of methoxy groups -OCH3 is 1. The number of aromatic amines is 1. The van der Waals surface area contributed by atoms with Crippen LogP contribution in [0.15, 0.2) is 23.0 Å². The largest absolute Gasteiger partial charge is 0.493 e. The van der Waals surface area contributed by atoms with E-state index in [2.05, 4.69) is 17.2 Å². The molecule has 1 unspecified atom stereocenters. The standard InChI is InChI=1S/C25H33N3O4/c1-6-7-8-13-32-22-11-9-19(14-23(22)31-5)17(3)27-24(29)12-10-20-16(2)21(15-26)25(30)28-18(20)4/h9,11,14,17H,6-8,10,12-13H2,1-5H3,(H,27,29)(H,28,30). The molecule has 0 aliphatic heterocycles. The Morgan fingerprint density at radius 1 is 1.25 bits per heavy atom. The molecule has 0 bridgehead atoms. The maximum atomic E-state index is 12.6. The molecule has 1 aromatic heterocycles. The van der Waals surface area contributed by atoms with Crippen molar-refractivity contribution in [3.05, 3.63) is 56.5 Å². The average molecular weight is 440 g/mol. The molecule has 1 heterocycles. The molecule has 0 fully saturated rings. The Balaban J connectivity index is 2.01. The number of amides is 1. The van der Waals surface area contributed by atoms with E-state index in [0.29, 0.717) is 35.8 Å². The minimum atomic E-state index is -0.393. The molecule has 0 saturated carbocycles. The highest BCUT2D eigenvalue weighted by molar-refractivity contribution is 5.76. The number of nitriles is 1. The first kappa shape index (κ1) is 25.0. The van der Waals surface area contributed by atoms with Gasteiger partial charge in [-0.05, 0) is 62.4 Å². The summed E-state index contributed by atoms with van der Waals surface area (Å²) in [4.78, 5) is 27.1. The Hall–Kier alpha value is -3.27. The van der Waals surface area contributed by atoms with Gasteiger partial charge in [-0.1, -0.05) is 25.8 Å². The third-order valence-corrected chi connectivity index (χ3v) is 5.59. The molecule has 1 amide bonds. The van der Waals surface area contributed by atoms with Crippen molar-refractivity contribution in [2.24, 2.45) is 0 Å². The number of aromatic nitrogens is 1. The van der Waals surface area contributed by atoms with Crippen molar-refractivity contribution in [1.29, 1.82) is 5.26 Å². The molecule has 172 valence electrons. The summed E-state index contributed by atoms with van der Waals surface area (Å²) in [7, 11) is 1.60. The lowest BCUT2D eigenvalue weighted by Crippen LogP contribution is -2.27. The third-order valence-electron chi connectivity index (χ3n) is 5.59. The quantitative estimate of drug-likeness (QED) is 0.509. The number of unbranched alkanes of at least 4 members (excludes halogenated alkanes) is 2. The Morgan fingerprint density at radius 2 is 2.00 bits per heavy atom. The van der Waals surface area contributed by atoms with Gasteiger partial charge in [0.15, 0.2) is 11.5 Å². The highest BCUT2D eigenvalue weighted by Gasteiger charge is 2.16. The fourth-order valence-electron chi connectivity index (χ4n) is 3.66. The Labute approximate surface area is 189 Å². The van der Waals surface area contributed by atoms with Crippen LogP contribution in [0.3, 0.4) is 0 Å². The van der Waals surface area contributed by atoms with Crippen LogP contribution < -0.4 is 20.3 Å². The number of benzene rings is 1. The van der Waals surface area contributed by atoms with Gasteiger partial charge >= 0.3 is 0 Å². The second-order valence-electron chi connectivity index (χ2n) is 7.92. The normalized spacial score (nSPS) is 11.5. The van der Waals surface area contributed by atoms with Crippen LogP contribution in [0, 0.1) is 25.2 Å². The summed E-state index contributed by atoms with van der Waals surface area (Å²) >= 11 is 0. The second kappa shape index (κ2) is 11.9. The SMILES string of the molecule is CCCCCOc1ccc(C(C)NC(=O)CCc2c(C)[nH]c(=O)c(C#N)c2C)cc1OC. The smallest absolute Gasteiger partial charge is 0.266 e. The molecule has 2 rings (SSSR count). The van der Waals surface area contributed by atoms with Crippen molar-refractivity contribution in [3.8, 4) is 17.6 Å². The lowest BCUT2D eigenvalue weighted by atomic mass is 9.99. The Kier molecular flexibility index (Phi) is 9.33. The van der Waals surface area contributed by atoms with Gasteiger partial charge in [0.2, 0.25) is 5.91 Å². The monoisotopic (exact) mass is 439 g/mol. The molecule has 2 N–H and O–H groups in total. The summed E-state index contributed by atoms with van der Waals surface area (Å²) < 4.78 is 11.3. The van der Waals surface area contributed by atoms with E-state index in [4.69, 9.17) is 9.47 Å². The van der Waals surface area contributed by atoms with Crippen LogP contribution in [0.1, 0.15) is 73.5 Å². The molecular weight excluding hydrogens is 406 g/mol. The molecule has 1 atom stereocenters. The Morgan fingerprint density at radius 3 is 2.66 bits per heavy atom. The number of pyridine rings is 1. The average Bonchev–Trinajstić information content (AvgIpc) is 2.76. The van der Waals surface area contributed by atoms with Crippen molar-refractivity contribution in [1.82, 2.24) is 10.3 Å². The summed E-state index contributed by atoms with van der Waals surface area (Å²) in [5.74, 6) is 1.23. The van der Waals surface area contributed by atoms with Gasteiger partial charge in [-0.2, -0.15) is 5.26 Å². The van der Waals surface area contributed by atoms with Gasteiger partial charge in [0.1, 0.15) is 11.6 Å². The number of ether oxygens (including phenoxy) is 2. The Bertz CT molecular complexity index is 1040. The zero-order chi connectivity index (χ0) is 23.7. The van der Waals surface area contributed by atoms with E-state index < -0.39 is 5.56 Å². The van der Waals surface area contributed by atoms with E-state index in [-0.39, 0.29) is 23.9 Å². The molecular formula is C25H33N3O4. The van der Waals surface area contributed by atoms with Crippen molar-refractivity contribution in [2.45, 2.75) is 65.8 Å². The molecule has 0 saturated heterocycles. The van der Waals surface area contributed by atoms with Gasteiger partial charge in [-0.25, -0.2) is 0 Å². The predicted molar refractivity (Wildman–Crippen MR) is 124 cm³/mol. The summed E-state index contributed by atoms with van der Waals surface area (Å²) in [6.45, 7) is 8.24. The number of hydrogen-bond donors (Lipinski definition) is 2. The summed E-state index contributed by atoms with van der Waals surface area (Å²) in [6.07, 6.45) is 3.95. The maximum absolute atomic E-state index is 12.6. The fraction of sp³-hybridized carbons (Fsp3) is 0.480. The number of hydrogen-bond acceptors (Lipinski definition) is 5. The van der Waals surface area contributed by atoms with Crippen LogP contribution in [0.25, 0.3) is 0 Å². The van der Waals surface area contributed by atoms with Crippen LogP contribution in [0.2, 0.25) is 0 Å². The minimum absolute atomic E-state index is 0.100. The number of H-pyrrole nitrogens is 1. The van der Waals surface area contributed by atoms with E-state index in [1.165, 1.54) is 0 Å². The molecule has 0 radical (unpaired) electrons. The summed E-state index contributed by atoms with van der Waals surface area (Å²) in [5.41, 5.74) is 2.77. The van der Waals surface area contributed by atoms with Crippen molar-refractivity contribution in [2.75, 3.05) is 13.7 Å². The summed E-state index contributed by atoms with van der Waals surface area (Å²) in [5, 5.41) is 12.2. The first-order chi connectivity index (χ1) is 15.3. The summed E-state index contributed by atoms with van der Waals surface area (Å²) in [6, 6.07) is 7.42. The molecule has 32 heavy (non-hydrogen) atoms. The first-order valence-electron chi connectivity index (χ1n) is 11.0. The number of nitrogens with one attached hydrogen (secondary N) is 2. The van der Waals surface area contributed by atoms with Crippen LogP contribution in [-0.2, 0) is 11.2 Å². The van der Waals surface area contributed by atoms with Gasteiger partial charge < -0.3 is 19.8 Å². The lowest BCUT2D eigenvalue weighted by molar-refractivity contribution is -0.121. The molecule has 0 aliphatic carbocycles. The number of nitrogens with zero attached hydrogens (tertiary/aromatic N) is 1. The van der Waals surface area contributed by atoms with Crippen LogP contribution >= 0.6 is 0 Å². The third kappa shape index (κ3) is 6.36. The zero-order valence-corrected chi connectivity index (χ0v) is 19.6. The zero-order valence-electron chi connectivity index (χ0n) is 19.6. The molecule has 7 nitrogen and oxygen atoms in total. The highest BCUT2D eigenvalue weighted by Crippen LogP contribution is 2.30. The van der Waals surface area contributed by atoms with Crippen molar-refractivity contribution >= 4 is 5.91 Å². The van der Waals surface area contributed by atoms with E-state index in [9.17, 15) is 14.9 Å². The molecule has 0 aliphatic rings. The molecule has 0 spiro atoms. The minimum Gasteiger partial charge on any atom is -0.493 e. The van der Waals surface area contributed by atoms with E-state index in [1.54, 1.807) is 21.0 Å². The van der Waals surface area contributed by atoms with Crippen molar-refractivity contribution in [3.63, 3.8) is 0 Å². The maximum Gasteiger partial charge on any atom is 0.266 e. The van der Waals surface area contributed by atoms with Gasteiger partial charge in [-0.15, -0.1) is 0 Å². The molecule has 7 heteroatoms. The van der Waals surface area contributed by atoms with E-state index in [0.717, 1.165) is 30.4 Å². The second-order valence-corrected chi connectivity index (χ2v) is 7.92. The molecule has 2 aromatic rings. The number of carbonyl (C=O) groups excluding carboxylic acids is 1.